The summed E-state index contributed by atoms with van der Waals surface area (Å²) in [6.45, 7) is 0. The number of benzene rings is 2. The molecule has 0 fully saturated rings. The first-order valence-electron chi connectivity index (χ1n) is 8.59. The summed E-state index contributed by atoms with van der Waals surface area (Å²) < 4.78 is 32.3. The number of hydrogen-bond donors (Lipinski definition) is 1. The highest BCUT2D eigenvalue weighted by Gasteiger charge is 2.36. The molecule has 2 aromatic rings. The van der Waals surface area contributed by atoms with Crippen LogP contribution < -0.4 is 5.73 Å². The van der Waals surface area contributed by atoms with Gasteiger partial charge in [-0.2, -0.15) is 5.26 Å². The van der Waals surface area contributed by atoms with Crippen LogP contribution in [0.4, 0.5) is 8.78 Å². The molecule has 0 amide bonds. The monoisotopic (exact) mass is 362 g/mol. The van der Waals surface area contributed by atoms with Crippen molar-refractivity contribution in [3.05, 3.63) is 99.7 Å². The predicted molar refractivity (Wildman–Crippen MR) is 97.7 cm³/mol. The molecule has 0 spiro atoms. The molecule has 0 radical (unpaired) electrons. The molecule has 134 valence electrons. The second kappa shape index (κ2) is 6.73. The van der Waals surface area contributed by atoms with E-state index in [2.05, 4.69) is 6.07 Å². The van der Waals surface area contributed by atoms with E-state index < -0.39 is 0 Å². The number of allylic oxidation sites excluding steroid dienone is 3. The van der Waals surface area contributed by atoms with Crippen LogP contribution in [-0.2, 0) is 4.74 Å². The van der Waals surface area contributed by atoms with Gasteiger partial charge < -0.3 is 10.5 Å². The molecule has 0 bridgehead atoms. The first-order chi connectivity index (χ1) is 13.1. The Balaban J connectivity index is 1.78. The van der Waals surface area contributed by atoms with Gasteiger partial charge in [-0.15, -0.1) is 0 Å². The van der Waals surface area contributed by atoms with Crippen LogP contribution in [0.5, 0.6) is 0 Å². The van der Waals surface area contributed by atoms with Gasteiger partial charge in [0.25, 0.3) is 0 Å². The fourth-order valence-corrected chi connectivity index (χ4v) is 3.63. The fraction of sp³-hybridized carbons (Fsp3) is 0.136. The zero-order chi connectivity index (χ0) is 19.0. The largest absolute Gasteiger partial charge is 0.440 e. The van der Waals surface area contributed by atoms with Crippen LogP contribution in [-0.4, -0.2) is 0 Å². The van der Waals surface area contributed by atoms with E-state index in [1.165, 1.54) is 24.3 Å². The van der Waals surface area contributed by atoms with Gasteiger partial charge in [0.15, 0.2) is 0 Å². The molecule has 0 aromatic heterocycles. The molecular formula is C22H16F2N2O. The van der Waals surface area contributed by atoms with Crippen molar-refractivity contribution in [3.63, 3.8) is 0 Å². The molecule has 2 N–H and O–H groups in total. The lowest BCUT2D eigenvalue weighted by Gasteiger charge is -2.26. The number of hydrogen-bond acceptors (Lipinski definition) is 3. The topological polar surface area (TPSA) is 59.0 Å². The Labute approximate surface area is 155 Å². The highest BCUT2D eigenvalue weighted by Crippen LogP contribution is 2.48. The molecular weight excluding hydrogens is 346 g/mol. The lowest BCUT2D eigenvalue weighted by Crippen LogP contribution is -2.19. The van der Waals surface area contributed by atoms with Gasteiger partial charge in [-0.1, -0.05) is 24.3 Å². The van der Waals surface area contributed by atoms with E-state index in [0.717, 1.165) is 28.7 Å². The van der Waals surface area contributed by atoms with Gasteiger partial charge in [-0.25, -0.2) is 8.78 Å². The molecule has 0 saturated heterocycles. The zero-order valence-corrected chi connectivity index (χ0v) is 14.4. The SMILES string of the molecule is N#CC1=C(N)OC2=C(CC/C2=C/c2ccc(F)cc2)[C@@H]1c1ccc(F)cc1. The van der Waals surface area contributed by atoms with Crippen LogP contribution in [0, 0.1) is 23.0 Å². The maximum Gasteiger partial charge on any atom is 0.205 e. The lowest BCUT2D eigenvalue weighted by molar-refractivity contribution is 0.292. The second-order valence-electron chi connectivity index (χ2n) is 6.55. The minimum atomic E-state index is -0.349. The van der Waals surface area contributed by atoms with Crippen molar-refractivity contribution < 1.29 is 13.5 Å². The third-order valence-electron chi connectivity index (χ3n) is 4.90. The van der Waals surface area contributed by atoms with E-state index in [-0.39, 0.29) is 23.4 Å². The predicted octanol–water partition coefficient (Wildman–Crippen LogP) is 4.90. The van der Waals surface area contributed by atoms with Gasteiger partial charge >= 0.3 is 0 Å². The van der Waals surface area contributed by atoms with Crippen molar-refractivity contribution in [2.45, 2.75) is 18.8 Å². The van der Waals surface area contributed by atoms with Crippen molar-refractivity contribution in [2.24, 2.45) is 5.73 Å². The maximum absolute atomic E-state index is 13.3. The summed E-state index contributed by atoms with van der Waals surface area (Å²) in [5, 5.41) is 9.58. The first-order valence-corrected chi connectivity index (χ1v) is 8.59. The highest BCUT2D eigenvalue weighted by atomic mass is 19.1. The fourth-order valence-electron chi connectivity index (χ4n) is 3.63. The standard InChI is InChI=1S/C22H16F2N2O/c23-16-6-1-13(2-7-16)11-15-5-10-18-20(14-3-8-17(24)9-4-14)19(12-25)22(26)27-21(15)18/h1-4,6-9,11,20H,5,10,26H2/b15-11-/t20-/m0/s1. The van der Waals surface area contributed by atoms with Crippen LogP contribution in [0.2, 0.25) is 0 Å². The second-order valence-corrected chi connectivity index (χ2v) is 6.55. The molecule has 2 aromatic carbocycles. The van der Waals surface area contributed by atoms with Gasteiger partial charge in [0.1, 0.15) is 29.0 Å². The molecule has 0 saturated carbocycles. The quantitative estimate of drug-likeness (QED) is 0.826. The normalized spacial score (nSPS) is 20.5. The van der Waals surface area contributed by atoms with E-state index in [9.17, 15) is 14.0 Å². The smallest absolute Gasteiger partial charge is 0.205 e. The number of ether oxygens (including phenoxy) is 1. The van der Waals surface area contributed by atoms with Crippen molar-refractivity contribution >= 4 is 6.08 Å². The third kappa shape index (κ3) is 3.11. The number of rotatable bonds is 2. The Morgan fingerprint density at radius 1 is 1.00 bits per heavy atom. The lowest BCUT2D eigenvalue weighted by atomic mass is 9.83. The zero-order valence-electron chi connectivity index (χ0n) is 14.4. The van der Waals surface area contributed by atoms with Crippen LogP contribution in [0.3, 0.4) is 0 Å². The molecule has 1 aliphatic carbocycles. The van der Waals surface area contributed by atoms with E-state index in [1.807, 2.05) is 6.08 Å². The number of nitrogens with zero attached hydrogens (tertiary/aromatic N) is 1. The van der Waals surface area contributed by atoms with Crippen molar-refractivity contribution in [1.82, 2.24) is 0 Å². The van der Waals surface area contributed by atoms with Crippen LogP contribution in [0.15, 0.2) is 76.9 Å². The Kier molecular flexibility index (Phi) is 4.25. The van der Waals surface area contributed by atoms with Crippen molar-refractivity contribution in [1.29, 1.82) is 5.26 Å². The molecule has 5 heteroatoms. The molecule has 2 aliphatic rings. The van der Waals surface area contributed by atoms with Gasteiger partial charge in [0.2, 0.25) is 5.88 Å². The third-order valence-corrected chi connectivity index (χ3v) is 4.90. The average Bonchev–Trinajstić information content (AvgIpc) is 3.05. The summed E-state index contributed by atoms with van der Waals surface area (Å²) >= 11 is 0. The van der Waals surface area contributed by atoms with Gasteiger partial charge in [-0.05, 0) is 65.5 Å². The summed E-state index contributed by atoms with van der Waals surface area (Å²) in [5.41, 5.74) is 9.93. The number of halogens is 2. The van der Waals surface area contributed by atoms with E-state index in [4.69, 9.17) is 10.5 Å². The van der Waals surface area contributed by atoms with E-state index >= 15 is 0 Å². The maximum atomic E-state index is 13.3. The molecule has 0 unspecified atom stereocenters. The number of nitrogens with two attached hydrogens (primary N) is 1. The van der Waals surface area contributed by atoms with Gasteiger partial charge in [-0.3, -0.25) is 0 Å². The summed E-state index contributed by atoms with van der Waals surface area (Å²) in [6.07, 6.45) is 3.38. The Morgan fingerprint density at radius 2 is 1.63 bits per heavy atom. The minimum Gasteiger partial charge on any atom is -0.440 e. The molecule has 1 heterocycles. The Bertz CT molecular complexity index is 1030. The van der Waals surface area contributed by atoms with Crippen LogP contribution in [0.1, 0.15) is 29.9 Å². The molecule has 1 aliphatic heterocycles. The summed E-state index contributed by atoms with van der Waals surface area (Å²) in [5.74, 6) is -0.250. The van der Waals surface area contributed by atoms with E-state index in [1.54, 1.807) is 24.3 Å². The van der Waals surface area contributed by atoms with Gasteiger partial charge in [0, 0.05) is 5.92 Å². The molecule has 4 rings (SSSR count). The number of nitriles is 1. The van der Waals surface area contributed by atoms with Crippen molar-refractivity contribution in [2.75, 3.05) is 0 Å². The first kappa shape index (κ1) is 17.0. The summed E-state index contributed by atoms with van der Waals surface area (Å²) in [6, 6.07) is 14.4. The molecule has 27 heavy (non-hydrogen) atoms. The van der Waals surface area contributed by atoms with Crippen LogP contribution in [0.25, 0.3) is 6.08 Å². The molecule has 1 atom stereocenters. The minimum absolute atomic E-state index is 0.0671. The average molecular weight is 362 g/mol. The summed E-state index contributed by atoms with van der Waals surface area (Å²) in [4.78, 5) is 0. The summed E-state index contributed by atoms with van der Waals surface area (Å²) in [7, 11) is 0. The van der Waals surface area contributed by atoms with Crippen molar-refractivity contribution in [3.8, 4) is 6.07 Å². The molecule has 3 nitrogen and oxygen atoms in total. The highest BCUT2D eigenvalue weighted by molar-refractivity contribution is 5.63. The van der Waals surface area contributed by atoms with Gasteiger partial charge in [0.05, 0.1) is 0 Å². The van der Waals surface area contributed by atoms with Crippen LogP contribution >= 0.6 is 0 Å². The van der Waals surface area contributed by atoms with E-state index in [0.29, 0.717) is 17.8 Å². The Hall–Kier alpha value is -3.39. The Morgan fingerprint density at radius 3 is 2.26 bits per heavy atom.